The summed E-state index contributed by atoms with van der Waals surface area (Å²) < 4.78 is 11.1. The first-order valence-corrected chi connectivity index (χ1v) is 6.92. The number of methoxy groups -OCH3 is 1. The van der Waals surface area contributed by atoms with Crippen molar-refractivity contribution in [1.29, 1.82) is 0 Å². The summed E-state index contributed by atoms with van der Waals surface area (Å²) in [5, 5.41) is 11.3. The summed E-state index contributed by atoms with van der Waals surface area (Å²) in [5.41, 5.74) is 0.357. The number of hydrogen-bond acceptors (Lipinski definition) is 5. The molecule has 0 aliphatic carbocycles. The van der Waals surface area contributed by atoms with Crippen LogP contribution in [0.1, 0.15) is 5.69 Å². The first-order chi connectivity index (χ1) is 9.92. The third kappa shape index (κ3) is 3.43. The van der Waals surface area contributed by atoms with Gasteiger partial charge in [-0.1, -0.05) is 11.6 Å². The van der Waals surface area contributed by atoms with Crippen molar-refractivity contribution in [3.05, 3.63) is 49.6 Å². The summed E-state index contributed by atoms with van der Waals surface area (Å²) in [6, 6.07) is 6.06. The fourth-order valence-corrected chi connectivity index (χ4v) is 2.47. The molecule has 6 nitrogen and oxygen atoms in total. The van der Waals surface area contributed by atoms with Gasteiger partial charge in [0.2, 0.25) is 0 Å². The van der Waals surface area contributed by atoms with Crippen LogP contribution in [0.15, 0.2) is 28.7 Å². The van der Waals surface area contributed by atoms with E-state index < -0.39 is 4.92 Å². The van der Waals surface area contributed by atoms with E-state index in [0.29, 0.717) is 15.9 Å². The topological polar surface area (TPSA) is 74.5 Å². The van der Waals surface area contributed by atoms with Crippen LogP contribution in [0.25, 0.3) is 0 Å². The fraction of sp³-hybridized carbons (Fsp3) is 0.154. The van der Waals surface area contributed by atoms with Crippen LogP contribution in [-0.2, 0) is 0 Å². The van der Waals surface area contributed by atoms with Gasteiger partial charge in [0.15, 0.2) is 5.75 Å². The molecule has 110 valence electrons. The summed E-state index contributed by atoms with van der Waals surface area (Å²) in [4.78, 5) is 14.5. The van der Waals surface area contributed by atoms with Gasteiger partial charge in [-0.3, -0.25) is 10.1 Å². The van der Waals surface area contributed by atoms with E-state index in [4.69, 9.17) is 21.1 Å². The number of halogens is 2. The van der Waals surface area contributed by atoms with Gasteiger partial charge in [-0.2, -0.15) is 0 Å². The van der Waals surface area contributed by atoms with Crippen LogP contribution < -0.4 is 9.47 Å². The standard InChI is InChI=1S/C13H10BrClN2O4/c1-7-3-4-11(17(18)19)13(16-7)21-12-9(14)5-8(20-2)6-10(12)15/h3-6H,1-2H3. The van der Waals surface area contributed by atoms with E-state index in [2.05, 4.69) is 20.9 Å². The highest BCUT2D eigenvalue weighted by atomic mass is 79.9. The molecular formula is C13H10BrClN2O4. The maximum absolute atomic E-state index is 11.0. The van der Waals surface area contributed by atoms with Gasteiger partial charge >= 0.3 is 5.69 Å². The van der Waals surface area contributed by atoms with Gasteiger partial charge in [0.1, 0.15) is 5.75 Å². The van der Waals surface area contributed by atoms with Crippen molar-refractivity contribution >= 4 is 33.2 Å². The zero-order valence-corrected chi connectivity index (χ0v) is 13.4. The molecule has 2 rings (SSSR count). The molecule has 0 aliphatic heterocycles. The minimum atomic E-state index is -0.562. The molecule has 21 heavy (non-hydrogen) atoms. The molecule has 0 atom stereocenters. The van der Waals surface area contributed by atoms with Crippen LogP contribution in [0.5, 0.6) is 17.4 Å². The molecule has 1 aromatic heterocycles. The van der Waals surface area contributed by atoms with Crippen LogP contribution in [0, 0.1) is 17.0 Å². The zero-order valence-electron chi connectivity index (χ0n) is 11.1. The van der Waals surface area contributed by atoms with Crippen LogP contribution >= 0.6 is 27.5 Å². The second-order valence-electron chi connectivity index (χ2n) is 4.06. The molecule has 8 heteroatoms. The smallest absolute Gasteiger partial charge is 0.331 e. The number of pyridine rings is 1. The summed E-state index contributed by atoms with van der Waals surface area (Å²) in [7, 11) is 1.51. The van der Waals surface area contributed by atoms with E-state index in [1.807, 2.05) is 0 Å². The Hall–Kier alpha value is -1.86. The molecule has 0 aliphatic rings. The number of aryl methyl sites for hydroxylation is 1. The Labute approximate surface area is 133 Å². The molecular weight excluding hydrogens is 364 g/mol. The first-order valence-electron chi connectivity index (χ1n) is 5.75. The molecule has 1 aromatic carbocycles. The molecule has 0 fully saturated rings. The molecule has 0 spiro atoms. The second kappa shape index (κ2) is 6.28. The Bertz CT molecular complexity index is 686. The SMILES string of the molecule is COc1cc(Cl)c(Oc2nc(C)ccc2[N+](=O)[O-])c(Br)c1. The van der Waals surface area contributed by atoms with E-state index in [-0.39, 0.29) is 22.3 Å². The molecule has 2 aromatic rings. The Morgan fingerprint density at radius 1 is 1.38 bits per heavy atom. The normalized spacial score (nSPS) is 10.3. The maximum Gasteiger partial charge on any atom is 0.331 e. The van der Waals surface area contributed by atoms with Crippen molar-refractivity contribution in [3.63, 3.8) is 0 Å². The van der Waals surface area contributed by atoms with Crippen LogP contribution in [0.3, 0.4) is 0 Å². The van der Waals surface area contributed by atoms with Crippen LogP contribution in [0.2, 0.25) is 5.02 Å². The highest BCUT2D eigenvalue weighted by Crippen LogP contribution is 2.41. The number of aromatic nitrogens is 1. The molecule has 0 bridgehead atoms. The number of benzene rings is 1. The Kier molecular flexibility index (Phi) is 4.64. The highest BCUT2D eigenvalue weighted by molar-refractivity contribution is 9.10. The Morgan fingerprint density at radius 3 is 2.67 bits per heavy atom. The van der Waals surface area contributed by atoms with Crippen molar-refractivity contribution in [3.8, 4) is 17.4 Å². The largest absolute Gasteiger partial charge is 0.497 e. The van der Waals surface area contributed by atoms with E-state index >= 15 is 0 Å². The van der Waals surface area contributed by atoms with Crippen molar-refractivity contribution in [2.45, 2.75) is 6.92 Å². The Morgan fingerprint density at radius 2 is 2.10 bits per heavy atom. The average molecular weight is 374 g/mol. The minimum Gasteiger partial charge on any atom is -0.497 e. The van der Waals surface area contributed by atoms with Gasteiger partial charge in [-0.05, 0) is 35.0 Å². The number of nitrogens with zero attached hydrogens (tertiary/aromatic N) is 2. The molecule has 0 saturated heterocycles. The predicted octanol–water partition coefficient (Wildman–Crippen LogP) is 4.52. The van der Waals surface area contributed by atoms with E-state index in [1.165, 1.54) is 19.2 Å². The number of nitro groups is 1. The molecule has 1 heterocycles. The predicted molar refractivity (Wildman–Crippen MR) is 81.4 cm³/mol. The average Bonchev–Trinajstić information content (AvgIpc) is 2.42. The van der Waals surface area contributed by atoms with Gasteiger partial charge < -0.3 is 9.47 Å². The quantitative estimate of drug-likeness (QED) is 0.582. The van der Waals surface area contributed by atoms with Gasteiger partial charge in [-0.15, -0.1) is 0 Å². The molecule has 0 radical (unpaired) electrons. The molecule has 0 saturated carbocycles. The number of rotatable bonds is 4. The molecule has 0 amide bonds. The van der Waals surface area contributed by atoms with E-state index in [1.54, 1.807) is 19.1 Å². The minimum absolute atomic E-state index is 0.118. The van der Waals surface area contributed by atoms with E-state index in [0.717, 1.165) is 0 Å². The lowest BCUT2D eigenvalue weighted by atomic mass is 10.3. The lowest BCUT2D eigenvalue weighted by Gasteiger charge is -2.11. The van der Waals surface area contributed by atoms with Gasteiger partial charge in [0.05, 0.1) is 21.5 Å². The first kappa shape index (κ1) is 15.5. The van der Waals surface area contributed by atoms with Crippen molar-refractivity contribution < 1.29 is 14.4 Å². The number of ether oxygens (including phenoxy) is 2. The van der Waals surface area contributed by atoms with Crippen LogP contribution in [-0.4, -0.2) is 17.0 Å². The van der Waals surface area contributed by atoms with Crippen molar-refractivity contribution in [1.82, 2.24) is 4.98 Å². The second-order valence-corrected chi connectivity index (χ2v) is 5.32. The van der Waals surface area contributed by atoms with Gasteiger partial charge in [0, 0.05) is 17.8 Å². The molecule has 0 unspecified atom stereocenters. The fourth-order valence-electron chi connectivity index (χ4n) is 1.59. The summed E-state index contributed by atoms with van der Waals surface area (Å²) >= 11 is 9.39. The Balaban J connectivity index is 2.48. The lowest BCUT2D eigenvalue weighted by molar-refractivity contribution is -0.386. The number of hydrogen-bond donors (Lipinski definition) is 0. The maximum atomic E-state index is 11.0. The third-order valence-electron chi connectivity index (χ3n) is 2.58. The van der Waals surface area contributed by atoms with Crippen LogP contribution in [0.4, 0.5) is 5.69 Å². The zero-order chi connectivity index (χ0) is 15.6. The summed E-state index contributed by atoms with van der Waals surface area (Å²) in [6.45, 7) is 1.71. The summed E-state index contributed by atoms with van der Waals surface area (Å²) in [5.74, 6) is 0.650. The highest BCUT2D eigenvalue weighted by Gasteiger charge is 2.20. The van der Waals surface area contributed by atoms with Gasteiger partial charge in [0.25, 0.3) is 5.88 Å². The van der Waals surface area contributed by atoms with E-state index in [9.17, 15) is 10.1 Å². The van der Waals surface area contributed by atoms with Gasteiger partial charge in [-0.25, -0.2) is 4.98 Å². The summed E-state index contributed by atoms with van der Waals surface area (Å²) in [6.07, 6.45) is 0. The van der Waals surface area contributed by atoms with Crippen molar-refractivity contribution in [2.24, 2.45) is 0 Å². The van der Waals surface area contributed by atoms with Crippen molar-refractivity contribution in [2.75, 3.05) is 7.11 Å². The lowest BCUT2D eigenvalue weighted by Crippen LogP contribution is -1.98. The third-order valence-corrected chi connectivity index (χ3v) is 3.45. The molecule has 0 N–H and O–H groups in total. The monoisotopic (exact) mass is 372 g/mol.